The molecule has 162 valence electrons. The summed E-state index contributed by atoms with van der Waals surface area (Å²) in [6, 6.07) is 19.2. The minimum atomic E-state index is -0.474. The van der Waals surface area contributed by atoms with Crippen LogP contribution in [0.3, 0.4) is 0 Å². The molecule has 4 rings (SSSR count). The normalized spacial score (nSPS) is 10.6. The second-order valence-electron chi connectivity index (χ2n) is 6.89. The summed E-state index contributed by atoms with van der Waals surface area (Å²) in [7, 11) is 4.47. The lowest BCUT2D eigenvalue weighted by molar-refractivity contribution is 0.102. The summed E-state index contributed by atoms with van der Waals surface area (Å²) in [5.74, 6) is 0.787. The molecule has 1 heterocycles. The van der Waals surface area contributed by atoms with Crippen LogP contribution in [0.5, 0.6) is 17.2 Å². The van der Waals surface area contributed by atoms with E-state index in [0.29, 0.717) is 39.6 Å². The molecule has 0 bridgehead atoms. The van der Waals surface area contributed by atoms with E-state index in [2.05, 4.69) is 5.32 Å². The molecule has 7 nitrogen and oxygen atoms in total. The van der Waals surface area contributed by atoms with Gasteiger partial charge in [0.25, 0.3) is 5.91 Å². The summed E-state index contributed by atoms with van der Waals surface area (Å²) in [5.41, 5.74) is 1.71. The molecular formula is C25H21NO6. The first-order valence-corrected chi connectivity index (χ1v) is 9.79. The van der Waals surface area contributed by atoms with Crippen molar-refractivity contribution in [1.82, 2.24) is 0 Å². The second kappa shape index (κ2) is 8.85. The molecule has 0 aliphatic rings. The third kappa shape index (κ3) is 3.88. The van der Waals surface area contributed by atoms with Crippen LogP contribution in [-0.2, 0) is 0 Å². The van der Waals surface area contributed by atoms with Gasteiger partial charge in [-0.25, -0.2) is 4.79 Å². The largest absolute Gasteiger partial charge is 0.496 e. The van der Waals surface area contributed by atoms with E-state index < -0.39 is 11.5 Å². The molecular weight excluding hydrogens is 410 g/mol. The lowest BCUT2D eigenvalue weighted by Crippen LogP contribution is -2.14. The summed E-state index contributed by atoms with van der Waals surface area (Å²) in [6.45, 7) is 0. The van der Waals surface area contributed by atoms with Crippen LogP contribution in [0, 0.1) is 0 Å². The minimum Gasteiger partial charge on any atom is -0.496 e. The molecule has 1 aromatic heterocycles. The number of rotatable bonds is 6. The lowest BCUT2D eigenvalue weighted by Gasteiger charge is -2.14. The maximum atomic E-state index is 13.0. The van der Waals surface area contributed by atoms with Gasteiger partial charge in [0.05, 0.1) is 26.9 Å². The molecule has 0 fully saturated rings. The fourth-order valence-electron chi connectivity index (χ4n) is 3.51. The lowest BCUT2D eigenvalue weighted by atomic mass is 10.0. The first-order valence-electron chi connectivity index (χ1n) is 9.79. The fourth-order valence-corrected chi connectivity index (χ4v) is 3.51. The number of hydrogen-bond donors (Lipinski definition) is 1. The first kappa shape index (κ1) is 21.0. The van der Waals surface area contributed by atoms with Gasteiger partial charge >= 0.3 is 5.63 Å². The molecule has 0 saturated heterocycles. The van der Waals surface area contributed by atoms with E-state index in [0.717, 1.165) is 5.39 Å². The van der Waals surface area contributed by atoms with Crippen LogP contribution >= 0.6 is 0 Å². The molecule has 0 unspecified atom stereocenters. The van der Waals surface area contributed by atoms with Gasteiger partial charge in [0.2, 0.25) is 0 Å². The molecule has 4 aromatic rings. The van der Waals surface area contributed by atoms with Crippen molar-refractivity contribution in [3.63, 3.8) is 0 Å². The van der Waals surface area contributed by atoms with Crippen LogP contribution < -0.4 is 25.2 Å². The van der Waals surface area contributed by atoms with E-state index in [-0.39, 0.29) is 5.56 Å². The zero-order chi connectivity index (χ0) is 22.7. The molecule has 0 saturated carbocycles. The Morgan fingerprint density at radius 3 is 2.16 bits per heavy atom. The Morgan fingerprint density at radius 1 is 0.781 bits per heavy atom. The van der Waals surface area contributed by atoms with Gasteiger partial charge in [-0.3, -0.25) is 4.79 Å². The van der Waals surface area contributed by atoms with E-state index in [4.69, 9.17) is 18.6 Å². The highest BCUT2D eigenvalue weighted by Crippen LogP contribution is 2.33. The number of para-hydroxylation sites is 1. The van der Waals surface area contributed by atoms with Crippen LogP contribution in [0.1, 0.15) is 10.4 Å². The molecule has 3 aromatic carbocycles. The van der Waals surface area contributed by atoms with E-state index in [1.165, 1.54) is 21.3 Å². The Balaban J connectivity index is 1.71. The van der Waals surface area contributed by atoms with Crippen molar-refractivity contribution in [2.24, 2.45) is 0 Å². The van der Waals surface area contributed by atoms with Gasteiger partial charge in [0.1, 0.15) is 28.4 Å². The summed E-state index contributed by atoms with van der Waals surface area (Å²) in [6.07, 6.45) is 0. The molecule has 32 heavy (non-hydrogen) atoms. The first-order chi connectivity index (χ1) is 15.5. The predicted molar refractivity (Wildman–Crippen MR) is 122 cm³/mol. The van der Waals surface area contributed by atoms with Crippen molar-refractivity contribution in [1.29, 1.82) is 0 Å². The molecule has 7 heteroatoms. The number of hydrogen-bond acceptors (Lipinski definition) is 6. The average Bonchev–Trinajstić information content (AvgIpc) is 2.82. The average molecular weight is 431 g/mol. The second-order valence-corrected chi connectivity index (χ2v) is 6.89. The summed E-state index contributed by atoms with van der Waals surface area (Å²) < 4.78 is 21.6. The van der Waals surface area contributed by atoms with E-state index in [1.54, 1.807) is 54.6 Å². The Bertz CT molecular complexity index is 1340. The summed E-state index contributed by atoms with van der Waals surface area (Å²) in [4.78, 5) is 25.5. The van der Waals surface area contributed by atoms with Crippen molar-refractivity contribution in [2.45, 2.75) is 0 Å². The Labute approximate surface area is 184 Å². The molecule has 1 amide bonds. The summed E-state index contributed by atoms with van der Waals surface area (Å²) >= 11 is 0. The number of carbonyl (C=O) groups excluding carboxylic acids is 1. The predicted octanol–water partition coefficient (Wildman–Crippen LogP) is 4.74. The number of amides is 1. The van der Waals surface area contributed by atoms with Crippen LogP contribution in [-0.4, -0.2) is 27.2 Å². The summed E-state index contributed by atoms with van der Waals surface area (Å²) in [5, 5.41) is 3.62. The molecule has 0 aliphatic heterocycles. The van der Waals surface area contributed by atoms with Crippen molar-refractivity contribution < 1.29 is 23.4 Å². The van der Waals surface area contributed by atoms with Crippen LogP contribution in [0.15, 0.2) is 75.9 Å². The van der Waals surface area contributed by atoms with Crippen molar-refractivity contribution >= 4 is 22.6 Å². The third-order valence-electron chi connectivity index (χ3n) is 5.05. The quantitative estimate of drug-likeness (QED) is 0.444. The van der Waals surface area contributed by atoms with Gasteiger partial charge in [-0.1, -0.05) is 24.3 Å². The monoisotopic (exact) mass is 431 g/mol. The highest BCUT2D eigenvalue weighted by Gasteiger charge is 2.19. The van der Waals surface area contributed by atoms with Gasteiger partial charge in [-0.2, -0.15) is 0 Å². The maximum Gasteiger partial charge on any atom is 0.344 e. The zero-order valence-electron chi connectivity index (χ0n) is 17.8. The number of nitrogens with one attached hydrogen (secondary N) is 1. The third-order valence-corrected chi connectivity index (χ3v) is 5.05. The van der Waals surface area contributed by atoms with Crippen molar-refractivity contribution in [2.75, 3.05) is 26.6 Å². The van der Waals surface area contributed by atoms with Gasteiger partial charge in [-0.05, 0) is 36.4 Å². The Morgan fingerprint density at radius 2 is 1.47 bits per heavy atom. The van der Waals surface area contributed by atoms with Gasteiger partial charge in [0.15, 0.2) is 0 Å². The highest BCUT2D eigenvalue weighted by atomic mass is 16.5. The zero-order valence-corrected chi connectivity index (χ0v) is 17.8. The highest BCUT2D eigenvalue weighted by molar-refractivity contribution is 6.08. The van der Waals surface area contributed by atoms with Gasteiger partial charge in [0, 0.05) is 22.7 Å². The number of carbonyl (C=O) groups is 1. The van der Waals surface area contributed by atoms with Crippen LogP contribution in [0.4, 0.5) is 5.69 Å². The molecule has 0 spiro atoms. The Kier molecular flexibility index (Phi) is 5.81. The maximum absolute atomic E-state index is 13.0. The number of fused-ring (bicyclic) bond motifs is 1. The van der Waals surface area contributed by atoms with Crippen LogP contribution in [0.25, 0.3) is 22.1 Å². The van der Waals surface area contributed by atoms with Gasteiger partial charge < -0.3 is 23.9 Å². The van der Waals surface area contributed by atoms with Crippen LogP contribution in [0.2, 0.25) is 0 Å². The standard InChI is InChI=1S/C25H21NO6/c1-29-20-9-6-10-21(30-2)23(20)24(27)26-16-11-12-17(22(14-16)31-3)18-13-15-7-4-5-8-19(15)32-25(18)28/h4-14H,1-3H3,(H,26,27). The molecule has 0 atom stereocenters. The minimum absolute atomic E-state index is 0.274. The van der Waals surface area contributed by atoms with E-state index >= 15 is 0 Å². The SMILES string of the molecule is COc1cc(NC(=O)c2c(OC)cccc2OC)ccc1-c1cc2ccccc2oc1=O. The molecule has 1 N–H and O–H groups in total. The smallest absolute Gasteiger partial charge is 0.344 e. The number of ether oxygens (including phenoxy) is 3. The topological polar surface area (TPSA) is 87.0 Å². The Hall–Kier alpha value is -4.26. The molecule has 0 radical (unpaired) electrons. The van der Waals surface area contributed by atoms with E-state index in [1.807, 2.05) is 12.1 Å². The van der Waals surface area contributed by atoms with Gasteiger partial charge in [-0.15, -0.1) is 0 Å². The number of methoxy groups -OCH3 is 3. The van der Waals surface area contributed by atoms with E-state index in [9.17, 15) is 9.59 Å². The molecule has 0 aliphatic carbocycles. The van der Waals surface area contributed by atoms with Crippen molar-refractivity contribution in [3.8, 4) is 28.4 Å². The number of anilines is 1. The number of benzene rings is 3. The van der Waals surface area contributed by atoms with Crippen molar-refractivity contribution in [3.05, 3.63) is 82.7 Å². The fraction of sp³-hybridized carbons (Fsp3) is 0.120.